The number of alkyl halides is 3. The Morgan fingerprint density at radius 1 is 1.36 bits per heavy atom. The van der Waals surface area contributed by atoms with E-state index in [1.54, 1.807) is 31.7 Å². The Balaban J connectivity index is 1.67. The lowest BCUT2D eigenvalue weighted by molar-refractivity contribution is -0.173. The third kappa shape index (κ3) is 3.04. The maximum atomic E-state index is 13.5. The number of fused-ring (bicyclic) bond motifs is 1. The Morgan fingerprint density at radius 2 is 2.11 bits per heavy atom. The predicted octanol–water partition coefficient (Wildman–Crippen LogP) is 3.77. The minimum Gasteiger partial charge on any atom is -0.368 e. The fraction of sp³-hybridized carbons (Fsp3) is 0.611. The average molecular weight is 397 g/mol. The molecule has 4 heterocycles. The molecule has 0 aromatic carbocycles. The van der Waals surface area contributed by atoms with Crippen molar-refractivity contribution in [1.29, 1.82) is 0 Å². The van der Waals surface area contributed by atoms with Crippen LogP contribution in [0.3, 0.4) is 0 Å². The standard InChI is InChI=1S/C18H22F3N5O2/c1-9-7-14(18(19,20)21)26-15(22-9)8-12(23-26)13-5-4-6-25(13)17(27)16-10(2)24-28-11(16)3/h8-9,13-14,22H,4-7H2,1-3H3/t9-,13?,14-/m1/s1. The number of nitrogens with zero attached hydrogens (tertiary/aromatic N) is 4. The van der Waals surface area contributed by atoms with Gasteiger partial charge in [0.15, 0.2) is 6.04 Å². The highest BCUT2D eigenvalue weighted by molar-refractivity contribution is 5.96. The second kappa shape index (κ2) is 6.52. The van der Waals surface area contributed by atoms with E-state index in [1.807, 2.05) is 0 Å². The number of likely N-dealkylation sites (tertiary alicyclic amines) is 1. The van der Waals surface area contributed by atoms with Crippen LogP contribution in [0, 0.1) is 13.8 Å². The van der Waals surface area contributed by atoms with E-state index in [1.165, 1.54) is 0 Å². The highest BCUT2D eigenvalue weighted by atomic mass is 19.4. The number of carbonyl (C=O) groups is 1. The summed E-state index contributed by atoms with van der Waals surface area (Å²) in [5.41, 5.74) is 1.39. The Bertz CT molecular complexity index is 884. The van der Waals surface area contributed by atoms with Gasteiger partial charge in [-0.2, -0.15) is 18.3 Å². The minimum absolute atomic E-state index is 0.0794. The molecule has 0 bridgehead atoms. The summed E-state index contributed by atoms with van der Waals surface area (Å²) in [6.45, 7) is 5.61. The zero-order valence-corrected chi connectivity index (χ0v) is 15.9. The smallest absolute Gasteiger partial charge is 0.368 e. The van der Waals surface area contributed by atoms with Gasteiger partial charge in [0.1, 0.15) is 17.1 Å². The lowest BCUT2D eigenvalue weighted by Gasteiger charge is -2.31. The third-order valence-electron chi connectivity index (χ3n) is 5.50. The molecule has 0 aliphatic carbocycles. The van der Waals surface area contributed by atoms with Gasteiger partial charge in [0.05, 0.1) is 17.4 Å². The lowest BCUT2D eigenvalue weighted by Crippen LogP contribution is -2.38. The molecule has 1 saturated heterocycles. The van der Waals surface area contributed by atoms with Crippen molar-refractivity contribution in [2.45, 2.75) is 64.3 Å². The normalized spacial score (nSPS) is 24.9. The monoisotopic (exact) mass is 397 g/mol. The first kappa shape index (κ1) is 18.8. The molecule has 1 fully saturated rings. The molecule has 0 spiro atoms. The largest absolute Gasteiger partial charge is 0.410 e. The number of rotatable bonds is 2. The lowest BCUT2D eigenvalue weighted by atomic mass is 10.1. The van der Waals surface area contributed by atoms with E-state index < -0.39 is 12.2 Å². The van der Waals surface area contributed by atoms with Gasteiger partial charge >= 0.3 is 6.18 Å². The van der Waals surface area contributed by atoms with E-state index in [4.69, 9.17) is 4.52 Å². The summed E-state index contributed by atoms with van der Waals surface area (Å²) in [7, 11) is 0. The summed E-state index contributed by atoms with van der Waals surface area (Å²) in [5.74, 6) is 0.552. The van der Waals surface area contributed by atoms with Gasteiger partial charge in [-0.15, -0.1) is 0 Å². The molecule has 1 amide bonds. The third-order valence-corrected chi connectivity index (χ3v) is 5.50. The van der Waals surface area contributed by atoms with Crippen molar-refractivity contribution in [2.75, 3.05) is 11.9 Å². The van der Waals surface area contributed by atoms with Crippen molar-refractivity contribution in [3.05, 3.63) is 28.8 Å². The van der Waals surface area contributed by atoms with Crippen molar-refractivity contribution in [2.24, 2.45) is 0 Å². The fourth-order valence-electron chi connectivity index (χ4n) is 4.19. The van der Waals surface area contributed by atoms with Crippen molar-refractivity contribution in [3.63, 3.8) is 0 Å². The summed E-state index contributed by atoms with van der Waals surface area (Å²) in [6.07, 6.45) is -3.05. The first-order chi connectivity index (χ1) is 13.2. The van der Waals surface area contributed by atoms with Gasteiger partial charge in [-0.25, -0.2) is 4.68 Å². The molecule has 152 valence electrons. The van der Waals surface area contributed by atoms with E-state index in [0.29, 0.717) is 41.5 Å². The Kier molecular flexibility index (Phi) is 4.39. The van der Waals surface area contributed by atoms with Gasteiger partial charge in [-0.05, 0) is 40.0 Å². The molecule has 2 aromatic rings. The molecule has 0 radical (unpaired) electrons. The predicted molar refractivity (Wildman–Crippen MR) is 94.0 cm³/mol. The molecule has 28 heavy (non-hydrogen) atoms. The summed E-state index contributed by atoms with van der Waals surface area (Å²) >= 11 is 0. The minimum atomic E-state index is -4.38. The molecule has 2 aliphatic heterocycles. The zero-order valence-electron chi connectivity index (χ0n) is 15.9. The topological polar surface area (TPSA) is 76.2 Å². The van der Waals surface area contributed by atoms with Crippen LogP contribution in [0.15, 0.2) is 10.6 Å². The average Bonchev–Trinajstić information content (AvgIpc) is 3.30. The van der Waals surface area contributed by atoms with E-state index in [9.17, 15) is 18.0 Å². The van der Waals surface area contributed by atoms with Crippen molar-refractivity contribution in [1.82, 2.24) is 19.8 Å². The van der Waals surface area contributed by atoms with Crippen LogP contribution in [-0.2, 0) is 0 Å². The first-order valence-corrected chi connectivity index (χ1v) is 9.33. The SMILES string of the molecule is Cc1noc(C)c1C(=O)N1CCCC1c1cc2n(n1)[C@@H](C(F)(F)F)C[C@@H](C)N2. The van der Waals surface area contributed by atoms with Crippen molar-refractivity contribution < 1.29 is 22.5 Å². The van der Waals surface area contributed by atoms with Crippen molar-refractivity contribution >= 4 is 11.7 Å². The van der Waals surface area contributed by atoms with E-state index in [-0.39, 0.29) is 24.4 Å². The number of aryl methyl sites for hydroxylation is 2. The first-order valence-electron chi connectivity index (χ1n) is 9.33. The van der Waals surface area contributed by atoms with Gasteiger partial charge in [0.2, 0.25) is 0 Å². The number of carbonyl (C=O) groups excluding carboxylic acids is 1. The maximum Gasteiger partial charge on any atom is 0.410 e. The highest BCUT2D eigenvalue weighted by Crippen LogP contribution is 2.41. The molecule has 1 unspecified atom stereocenters. The molecule has 2 aromatic heterocycles. The Labute approximate surface area is 159 Å². The zero-order chi connectivity index (χ0) is 20.2. The van der Waals surface area contributed by atoms with E-state index in [0.717, 1.165) is 11.1 Å². The Hall–Kier alpha value is -2.52. The second-order valence-corrected chi connectivity index (χ2v) is 7.59. The van der Waals surface area contributed by atoms with Crippen LogP contribution in [0.25, 0.3) is 0 Å². The van der Waals surface area contributed by atoms with E-state index in [2.05, 4.69) is 15.6 Å². The van der Waals surface area contributed by atoms with Crippen LogP contribution >= 0.6 is 0 Å². The summed E-state index contributed by atoms with van der Waals surface area (Å²) in [5, 5.41) is 11.2. The fourth-order valence-corrected chi connectivity index (χ4v) is 4.19. The highest BCUT2D eigenvalue weighted by Gasteiger charge is 2.46. The molecular weight excluding hydrogens is 375 g/mol. The van der Waals surface area contributed by atoms with Crippen molar-refractivity contribution in [3.8, 4) is 0 Å². The molecule has 1 N–H and O–H groups in total. The van der Waals surface area contributed by atoms with Gasteiger partial charge in [-0.3, -0.25) is 4.79 Å². The van der Waals surface area contributed by atoms with Gasteiger partial charge in [-0.1, -0.05) is 5.16 Å². The van der Waals surface area contributed by atoms with Crippen LogP contribution in [0.1, 0.15) is 65.8 Å². The number of aromatic nitrogens is 3. The number of halogens is 3. The van der Waals surface area contributed by atoms with Gasteiger partial charge < -0.3 is 14.7 Å². The summed E-state index contributed by atoms with van der Waals surface area (Å²) in [4.78, 5) is 14.7. The molecule has 0 saturated carbocycles. The van der Waals surface area contributed by atoms with Gasteiger partial charge in [0.25, 0.3) is 5.91 Å². The molecule has 3 atom stereocenters. The number of hydrogen-bond donors (Lipinski definition) is 1. The van der Waals surface area contributed by atoms with Crippen LogP contribution in [0.5, 0.6) is 0 Å². The van der Waals surface area contributed by atoms with Gasteiger partial charge in [0, 0.05) is 18.7 Å². The molecule has 2 aliphatic rings. The van der Waals surface area contributed by atoms with Crippen LogP contribution in [0.4, 0.5) is 19.0 Å². The Morgan fingerprint density at radius 3 is 2.75 bits per heavy atom. The quantitative estimate of drug-likeness (QED) is 0.835. The number of anilines is 1. The molecular formula is C18H22F3N5O2. The number of amides is 1. The second-order valence-electron chi connectivity index (χ2n) is 7.59. The van der Waals surface area contributed by atoms with E-state index >= 15 is 0 Å². The molecule has 7 nitrogen and oxygen atoms in total. The summed E-state index contributed by atoms with van der Waals surface area (Å²) < 4.78 is 46.6. The summed E-state index contributed by atoms with van der Waals surface area (Å²) in [6, 6.07) is -0.712. The van der Waals surface area contributed by atoms with Crippen LogP contribution in [-0.4, -0.2) is 44.5 Å². The maximum absolute atomic E-state index is 13.5. The molecule has 10 heteroatoms. The number of nitrogens with one attached hydrogen (secondary N) is 1. The number of hydrogen-bond acceptors (Lipinski definition) is 5. The molecule has 4 rings (SSSR count). The van der Waals surface area contributed by atoms with Crippen LogP contribution < -0.4 is 5.32 Å². The van der Waals surface area contributed by atoms with Crippen LogP contribution in [0.2, 0.25) is 0 Å².